The first-order chi connectivity index (χ1) is 23.3. The van der Waals surface area contributed by atoms with Crippen LogP contribution >= 0.6 is 11.8 Å². The summed E-state index contributed by atoms with van der Waals surface area (Å²) < 4.78 is 22.6. The summed E-state index contributed by atoms with van der Waals surface area (Å²) in [5, 5.41) is 9.23. The van der Waals surface area contributed by atoms with Crippen LogP contribution in [0, 0.1) is 0 Å². The van der Waals surface area contributed by atoms with E-state index >= 15 is 0 Å². The normalized spacial score (nSPS) is 16.7. The Morgan fingerprint density at radius 2 is 1.67 bits per heavy atom. The number of piperidine rings is 1. The summed E-state index contributed by atoms with van der Waals surface area (Å²) >= 11 is 1.62. The lowest BCUT2D eigenvalue weighted by Crippen LogP contribution is -2.51. The SMILES string of the molecule is COc1cc2c(c(OC)c1OC)-c1ccc(NC(CCSC)C(=O)N3CCC(NC(=O)OC(C)(C)C)CC3)c(=O)cc1C(NC(C)=O)CC2. The molecule has 0 spiro atoms. The van der Waals surface area contributed by atoms with Crippen LogP contribution in [0.15, 0.2) is 29.1 Å². The largest absolute Gasteiger partial charge is 0.493 e. The number of thioether (sulfide) groups is 1. The summed E-state index contributed by atoms with van der Waals surface area (Å²) in [6.45, 7) is 7.85. The molecular formula is C36H50N4O8S. The van der Waals surface area contributed by atoms with Gasteiger partial charge in [-0.1, -0.05) is 6.07 Å². The van der Waals surface area contributed by atoms with Gasteiger partial charge >= 0.3 is 6.09 Å². The van der Waals surface area contributed by atoms with Crippen molar-refractivity contribution in [1.82, 2.24) is 15.5 Å². The predicted octanol–water partition coefficient (Wildman–Crippen LogP) is 4.91. The van der Waals surface area contributed by atoms with Gasteiger partial charge in [0.2, 0.25) is 23.0 Å². The van der Waals surface area contributed by atoms with Crippen LogP contribution in [-0.4, -0.2) is 86.9 Å². The molecule has 0 aromatic heterocycles. The molecule has 12 nitrogen and oxygen atoms in total. The standard InChI is InChI=1S/C36H50N4O8S/c1-21(41)37-26-11-9-22-19-30(45-5)32(46-6)33(47-7)31(22)24-10-12-27(29(42)20-25(24)26)39-28(15-18-49-8)34(43)40-16-13-23(14-17-40)38-35(44)48-36(2,3)4/h10,12,19-20,23,26,28H,9,11,13-18H2,1-8H3,(H,37,41)(H,38,44)(H,39,42). The zero-order chi connectivity index (χ0) is 35.9. The maximum atomic E-state index is 13.9. The highest BCUT2D eigenvalue weighted by Gasteiger charge is 2.32. The van der Waals surface area contributed by atoms with Crippen molar-refractivity contribution in [2.24, 2.45) is 0 Å². The molecule has 49 heavy (non-hydrogen) atoms. The number of benzene rings is 1. The highest BCUT2D eigenvalue weighted by atomic mass is 32.2. The number of rotatable bonds is 11. The Balaban J connectivity index is 1.67. The Hall–Kier alpha value is -4.13. The highest BCUT2D eigenvalue weighted by molar-refractivity contribution is 7.98. The van der Waals surface area contributed by atoms with E-state index in [1.54, 1.807) is 50.1 Å². The number of fused-ring (bicyclic) bond motifs is 3. The van der Waals surface area contributed by atoms with Crippen LogP contribution in [0.5, 0.6) is 17.2 Å². The molecule has 1 aliphatic carbocycles. The zero-order valence-electron chi connectivity index (χ0n) is 29.8. The molecule has 2 aromatic rings. The van der Waals surface area contributed by atoms with Crippen molar-refractivity contribution in [2.75, 3.05) is 51.7 Å². The average Bonchev–Trinajstić information content (AvgIpc) is 3.29. The predicted molar refractivity (Wildman–Crippen MR) is 192 cm³/mol. The maximum absolute atomic E-state index is 13.9. The van der Waals surface area contributed by atoms with Crippen LogP contribution in [0.4, 0.5) is 10.5 Å². The second-order valence-electron chi connectivity index (χ2n) is 13.3. The minimum atomic E-state index is -0.643. The van der Waals surface area contributed by atoms with Crippen LogP contribution in [0.1, 0.15) is 70.5 Å². The lowest BCUT2D eigenvalue weighted by Gasteiger charge is -2.35. The smallest absolute Gasteiger partial charge is 0.407 e. The number of carbonyl (C=O) groups excluding carboxylic acids is 3. The zero-order valence-corrected chi connectivity index (χ0v) is 30.6. The lowest BCUT2D eigenvalue weighted by molar-refractivity contribution is -0.133. The number of nitrogens with zero attached hydrogens (tertiary/aromatic N) is 1. The van der Waals surface area contributed by atoms with Crippen LogP contribution in [0.25, 0.3) is 11.1 Å². The molecule has 2 atom stereocenters. The van der Waals surface area contributed by atoms with Gasteiger partial charge in [-0.25, -0.2) is 4.79 Å². The van der Waals surface area contributed by atoms with Crippen molar-refractivity contribution in [2.45, 2.75) is 83.5 Å². The Labute approximate surface area is 293 Å². The highest BCUT2D eigenvalue weighted by Crippen LogP contribution is 2.50. The Morgan fingerprint density at radius 1 is 0.980 bits per heavy atom. The Morgan fingerprint density at radius 3 is 2.27 bits per heavy atom. The fraction of sp³-hybridized carbons (Fsp3) is 0.556. The van der Waals surface area contributed by atoms with Crippen molar-refractivity contribution in [3.05, 3.63) is 45.6 Å². The molecule has 4 rings (SSSR count). The molecule has 2 aromatic carbocycles. The number of alkyl carbamates (subject to hydrolysis) is 1. The van der Waals surface area contributed by atoms with Crippen LogP contribution < -0.4 is 35.6 Å². The summed E-state index contributed by atoms with van der Waals surface area (Å²) in [7, 11) is 4.66. The van der Waals surface area contributed by atoms with E-state index in [0.717, 1.165) is 11.1 Å². The van der Waals surface area contributed by atoms with Gasteiger partial charge in [0.25, 0.3) is 0 Å². The summed E-state index contributed by atoms with van der Waals surface area (Å²) in [5.41, 5.74) is 2.41. The minimum Gasteiger partial charge on any atom is -0.493 e. The molecule has 2 aliphatic rings. The molecule has 13 heteroatoms. The van der Waals surface area contributed by atoms with Gasteiger partial charge in [0, 0.05) is 31.6 Å². The number of hydrogen-bond donors (Lipinski definition) is 3. The van der Waals surface area contributed by atoms with Gasteiger partial charge in [-0.3, -0.25) is 14.4 Å². The van der Waals surface area contributed by atoms with Crippen molar-refractivity contribution in [3.63, 3.8) is 0 Å². The first-order valence-corrected chi connectivity index (χ1v) is 18.0. The van der Waals surface area contributed by atoms with Crippen molar-refractivity contribution >= 4 is 35.4 Å². The molecule has 268 valence electrons. The van der Waals surface area contributed by atoms with Crippen molar-refractivity contribution in [1.29, 1.82) is 0 Å². The maximum Gasteiger partial charge on any atom is 0.407 e. The molecule has 0 bridgehead atoms. The molecule has 3 amide bonds. The number of anilines is 1. The van der Waals surface area contributed by atoms with E-state index in [-0.39, 0.29) is 29.0 Å². The van der Waals surface area contributed by atoms with Crippen LogP contribution in [-0.2, 0) is 20.7 Å². The minimum absolute atomic E-state index is 0.0941. The number of nitrogens with one attached hydrogen (secondary N) is 3. The summed E-state index contributed by atoms with van der Waals surface area (Å²) in [6, 6.07) is 5.82. The van der Waals surface area contributed by atoms with Crippen LogP contribution in [0.3, 0.4) is 0 Å². The number of carbonyl (C=O) groups is 3. The number of likely N-dealkylation sites (tertiary alicyclic amines) is 1. The van der Waals surface area contributed by atoms with Crippen molar-refractivity contribution in [3.8, 4) is 28.4 Å². The van der Waals surface area contributed by atoms with E-state index in [2.05, 4.69) is 16.0 Å². The number of aryl methyl sites for hydroxylation is 1. The van der Waals surface area contributed by atoms with Gasteiger partial charge in [-0.05, 0) is 99.8 Å². The topological polar surface area (TPSA) is 145 Å². The molecule has 1 fully saturated rings. The van der Waals surface area contributed by atoms with E-state index in [1.807, 2.05) is 39.2 Å². The Bertz CT molecular complexity index is 1590. The fourth-order valence-electron chi connectivity index (χ4n) is 6.45. The van der Waals surface area contributed by atoms with Gasteiger partial charge in [-0.15, -0.1) is 0 Å². The monoisotopic (exact) mass is 698 g/mol. The second kappa shape index (κ2) is 16.5. The Kier molecular flexibility index (Phi) is 12.7. The van der Waals surface area contributed by atoms with Crippen LogP contribution in [0.2, 0.25) is 0 Å². The molecule has 3 N–H and O–H groups in total. The summed E-state index contributed by atoms with van der Waals surface area (Å²) in [5.74, 6) is 1.80. The number of hydrogen-bond acceptors (Lipinski definition) is 10. The molecule has 1 saturated heterocycles. The quantitative estimate of drug-likeness (QED) is 0.296. The van der Waals surface area contributed by atoms with Crippen molar-refractivity contribution < 1.29 is 33.3 Å². The number of ether oxygens (including phenoxy) is 4. The van der Waals surface area contributed by atoms with Gasteiger partial charge in [0.15, 0.2) is 11.5 Å². The van der Waals surface area contributed by atoms with Gasteiger partial charge in [-0.2, -0.15) is 11.8 Å². The fourth-order valence-corrected chi connectivity index (χ4v) is 6.92. The molecular weight excluding hydrogens is 648 g/mol. The molecule has 1 aliphatic heterocycles. The molecule has 2 unspecified atom stereocenters. The van der Waals surface area contributed by atoms with E-state index in [4.69, 9.17) is 18.9 Å². The van der Waals surface area contributed by atoms with Gasteiger partial charge in [0.05, 0.1) is 33.1 Å². The first kappa shape index (κ1) is 37.7. The third-order valence-electron chi connectivity index (χ3n) is 8.68. The average molecular weight is 699 g/mol. The third kappa shape index (κ3) is 9.31. The molecule has 0 radical (unpaired) electrons. The lowest BCUT2D eigenvalue weighted by atomic mass is 9.95. The van der Waals surface area contributed by atoms with E-state index in [0.29, 0.717) is 79.3 Å². The first-order valence-electron chi connectivity index (χ1n) is 16.6. The number of methoxy groups -OCH3 is 3. The van der Waals surface area contributed by atoms with E-state index < -0.39 is 23.8 Å². The summed E-state index contributed by atoms with van der Waals surface area (Å²) in [4.78, 5) is 54.3. The summed E-state index contributed by atoms with van der Waals surface area (Å²) in [6.07, 6.45) is 4.34. The van der Waals surface area contributed by atoms with E-state index in [1.165, 1.54) is 6.92 Å². The molecule has 0 saturated carbocycles. The third-order valence-corrected chi connectivity index (χ3v) is 9.33. The number of amides is 3. The molecule has 1 heterocycles. The van der Waals surface area contributed by atoms with E-state index in [9.17, 15) is 19.2 Å². The second-order valence-corrected chi connectivity index (χ2v) is 14.3. The van der Waals surface area contributed by atoms with Gasteiger partial charge < -0.3 is 39.8 Å². The van der Waals surface area contributed by atoms with Gasteiger partial charge in [0.1, 0.15) is 11.6 Å².